The first-order chi connectivity index (χ1) is 9.66. The van der Waals surface area contributed by atoms with Crippen LogP contribution in [0.25, 0.3) is 11.2 Å². The van der Waals surface area contributed by atoms with Gasteiger partial charge in [-0.15, -0.1) is 0 Å². The highest BCUT2D eigenvalue weighted by atomic mass is 15.2. The molecule has 0 aliphatic heterocycles. The summed E-state index contributed by atoms with van der Waals surface area (Å²) in [5.74, 6) is 0.803. The third-order valence-electron chi connectivity index (χ3n) is 4.06. The quantitative estimate of drug-likeness (QED) is 0.895. The van der Waals surface area contributed by atoms with Gasteiger partial charge in [0.1, 0.15) is 11.8 Å². The maximum atomic E-state index is 6.19. The van der Waals surface area contributed by atoms with E-state index in [1.165, 1.54) is 12.8 Å². The van der Waals surface area contributed by atoms with E-state index in [2.05, 4.69) is 38.7 Å². The molecule has 2 aromatic heterocycles. The molecule has 20 heavy (non-hydrogen) atoms. The number of imidazole rings is 1. The van der Waals surface area contributed by atoms with Gasteiger partial charge in [0, 0.05) is 18.1 Å². The Balaban J connectivity index is 1.91. The molecule has 1 saturated carbocycles. The number of nitrogens with two attached hydrogens (primary N) is 1. The minimum Gasteiger partial charge on any atom is -0.364 e. The fourth-order valence-electron chi connectivity index (χ4n) is 2.85. The molecule has 2 atom stereocenters. The Morgan fingerprint density at radius 3 is 2.80 bits per heavy atom. The molecule has 0 saturated heterocycles. The zero-order valence-corrected chi connectivity index (χ0v) is 12.1. The second-order valence-electron chi connectivity index (χ2n) is 5.84. The third-order valence-corrected chi connectivity index (χ3v) is 4.06. The second kappa shape index (κ2) is 5.36. The Morgan fingerprint density at radius 2 is 2.05 bits per heavy atom. The van der Waals surface area contributed by atoms with E-state index in [0.717, 1.165) is 29.8 Å². The summed E-state index contributed by atoms with van der Waals surface area (Å²) in [6.45, 7) is 4.24. The zero-order valence-electron chi connectivity index (χ0n) is 12.1. The number of nitrogens with one attached hydrogen (secondary N) is 1. The van der Waals surface area contributed by atoms with E-state index in [1.54, 1.807) is 6.33 Å². The summed E-state index contributed by atoms with van der Waals surface area (Å²) in [7, 11) is 0. The first kappa shape index (κ1) is 13.3. The molecule has 1 aliphatic carbocycles. The molecule has 0 bridgehead atoms. The topological polar surface area (TPSA) is 81.7 Å². The van der Waals surface area contributed by atoms with Crippen molar-refractivity contribution >= 4 is 17.0 Å². The second-order valence-corrected chi connectivity index (χ2v) is 5.84. The minimum atomic E-state index is 0.195. The van der Waals surface area contributed by atoms with Gasteiger partial charge in [-0.05, 0) is 26.7 Å². The van der Waals surface area contributed by atoms with Gasteiger partial charge in [-0.3, -0.25) is 0 Å². The number of rotatable bonds is 3. The SMILES string of the molecule is CC(C)n1cnc2c(NC3CCCCC3N)ncnc21. The first-order valence-electron chi connectivity index (χ1n) is 7.36. The van der Waals surface area contributed by atoms with Gasteiger partial charge < -0.3 is 15.6 Å². The van der Waals surface area contributed by atoms with Crippen molar-refractivity contribution < 1.29 is 0 Å². The van der Waals surface area contributed by atoms with Gasteiger partial charge in [0.15, 0.2) is 11.5 Å². The van der Waals surface area contributed by atoms with Gasteiger partial charge in [0.25, 0.3) is 0 Å². The van der Waals surface area contributed by atoms with E-state index >= 15 is 0 Å². The smallest absolute Gasteiger partial charge is 0.165 e. The van der Waals surface area contributed by atoms with Crippen molar-refractivity contribution in [3.8, 4) is 0 Å². The van der Waals surface area contributed by atoms with E-state index in [1.807, 2.05) is 6.33 Å². The predicted octanol–water partition coefficient (Wildman–Crippen LogP) is 2.09. The highest BCUT2D eigenvalue weighted by Gasteiger charge is 2.23. The van der Waals surface area contributed by atoms with Crippen molar-refractivity contribution in [3.05, 3.63) is 12.7 Å². The molecule has 3 rings (SSSR count). The highest BCUT2D eigenvalue weighted by molar-refractivity contribution is 5.82. The van der Waals surface area contributed by atoms with Crippen molar-refractivity contribution in [1.82, 2.24) is 19.5 Å². The first-order valence-corrected chi connectivity index (χ1v) is 7.36. The average Bonchev–Trinajstić information content (AvgIpc) is 2.86. The van der Waals surface area contributed by atoms with Crippen LogP contribution in [-0.2, 0) is 0 Å². The predicted molar refractivity (Wildman–Crippen MR) is 79.6 cm³/mol. The van der Waals surface area contributed by atoms with Gasteiger partial charge in [-0.1, -0.05) is 12.8 Å². The largest absolute Gasteiger partial charge is 0.364 e. The lowest BCUT2D eigenvalue weighted by Crippen LogP contribution is -2.42. The minimum absolute atomic E-state index is 0.195. The van der Waals surface area contributed by atoms with E-state index in [-0.39, 0.29) is 12.1 Å². The number of hydrogen-bond donors (Lipinski definition) is 2. The molecule has 6 heteroatoms. The molecule has 1 aliphatic rings. The summed E-state index contributed by atoms with van der Waals surface area (Å²) in [4.78, 5) is 13.2. The molecule has 3 N–H and O–H groups in total. The van der Waals surface area contributed by atoms with Crippen LogP contribution in [0.15, 0.2) is 12.7 Å². The van der Waals surface area contributed by atoms with Crippen LogP contribution in [0.2, 0.25) is 0 Å². The van der Waals surface area contributed by atoms with E-state index < -0.39 is 0 Å². The lowest BCUT2D eigenvalue weighted by atomic mass is 9.91. The van der Waals surface area contributed by atoms with Crippen LogP contribution in [0.4, 0.5) is 5.82 Å². The maximum absolute atomic E-state index is 6.19. The fourth-order valence-corrected chi connectivity index (χ4v) is 2.85. The van der Waals surface area contributed by atoms with Crippen LogP contribution in [-0.4, -0.2) is 31.6 Å². The molecule has 0 aromatic carbocycles. The lowest BCUT2D eigenvalue weighted by molar-refractivity contribution is 0.403. The molecular formula is C14H22N6. The van der Waals surface area contributed by atoms with Crippen LogP contribution in [0, 0.1) is 0 Å². The Labute approximate surface area is 118 Å². The molecular weight excluding hydrogens is 252 g/mol. The van der Waals surface area contributed by atoms with Crippen molar-refractivity contribution in [2.24, 2.45) is 5.73 Å². The summed E-state index contributed by atoms with van der Waals surface area (Å²) in [6, 6.07) is 0.812. The fraction of sp³-hybridized carbons (Fsp3) is 0.643. The zero-order chi connectivity index (χ0) is 14.1. The van der Waals surface area contributed by atoms with Crippen LogP contribution in [0.5, 0.6) is 0 Å². The number of fused-ring (bicyclic) bond motifs is 1. The molecule has 2 heterocycles. The maximum Gasteiger partial charge on any atom is 0.165 e. The number of aromatic nitrogens is 4. The summed E-state index contributed by atoms with van der Waals surface area (Å²) in [5.41, 5.74) is 7.90. The molecule has 6 nitrogen and oxygen atoms in total. The molecule has 0 amide bonds. The van der Waals surface area contributed by atoms with Crippen LogP contribution < -0.4 is 11.1 Å². The van der Waals surface area contributed by atoms with Gasteiger partial charge in [-0.2, -0.15) is 0 Å². The third kappa shape index (κ3) is 2.35. The van der Waals surface area contributed by atoms with Gasteiger partial charge in [0.05, 0.1) is 6.33 Å². The Hall–Kier alpha value is -1.69. The summed E-state index contributed by atoms with van der Waals surface area (Å²) < 4.78 is 2.06. The highest BCUT2D eigenvalue weighted by Crippen LogP contribution is 2.24. The summed E-state index contributed by atoms with van der Waals surface area (Å²) >= 11 is 0. The lowest BCUT2D eigenvalue weighted by Gasteiger charge is -2.29. The Kier molecular flexibility index (Phi) is 3.56. The van der Waals surface area contributed by atoms with Crippen LogP contribution >= 0.6 is 0 Å². The van der Waals surface area contributed by atoms with Crippen molar-refractivity contribution in [2.75, 3.05) is 5.32 Å². The number of nitrogens with zero attached hydrogens (tertiary/aromatic N) is 4. The average molecular weight is 274 g/mol. The molecule has 108 valence electrons. The Bertz CT molecular complexity index is 590. The van der Waals surface area contributed by atoms with Crippen molar-refractivity contribution in [2.45, 2.75) is 57.7 Å². The van der Waals surface area contributed by atoms with E-state index in [0.29, 0.717) is 6.04 Å². The molecule has 0 radical (unpaired) electrons. The van der Waals surface area contributed by atoms with Crippen molar-refractivity contribution in [1.29, 1.82) is 0 Å². The van der Waals surface area contributed by atoms with Gasteiger partial charge in [0.2, 0.25) is 0 Å². The number of hydrogen-bond acceptors (Lipinski definition) is 5. The van der Waals surface area contributed by atoms with Crippen molar-refractivity contribution in [3.63, 3.8) is 0 Å². The Morgan fingerprint density at radius 1 is 1.25 bits per heavy atom. The summed E-state index contributed by atoms with van der Waals surface area (Å²) in [5, 5.41) is 3.47. The van der Waals surface area contributed by atoms with E-state index in [9.17, 15) is 0 Å². The van der Waals surface area contributed by atoms with E-state index in [4.69, 9.17) is 5.73 Å². The summed E-state index contributed by atoms with van der Waals surface area (Å²) in [6.07, 6.45) is 8.04. The number of anilines is 1. The monoisotopic (exact) mass is 274 g/mol. The standard InChI is InChI=1S/C14H22N6/c1-9(2)20-8-18-12-13(16-7-17-14(12)20)19-11-6-4-3-5-10(11)15/h7-11H,3-6,15H2,1-2H3,(H,16,17,19). The van der Waals surface area contributed by atoms with Gasteiger partial charge in [-0.25, -0.2) is 15.0 Å². The van der Waals surface area contributed by atoms with Gasteiger partial charge >= 0.3 is 0 Å². The van der Waals surface area contributed by atoms with Crippen LogP contribution in [0.1, 0.15) is 45.6 Å². The molecule has 2 aromatic rings. The molecule has 0 spiro atoms. The molecule has 1 fully saturated rings. The normalized spacial score (nSPS) is 23.4. The van der Waals surface area contributed by atoms with Crippen LogP contribution in [0.3, 0.4) is 0 Å². The molecule has 2 unspecified atom stereocenters.